The van der Waals surface area contributed by atoms with Crippen molar-refractivity contribution >= 4 is 11.8 Å². The van der Waals surface area contributed by atoms with Crippen LogP contribution in [-0.4, -0.2) is 15.7 Å². The van der Waals surface area contributed by atoms with Gasteiger partial charge in [0, 0.05) is 12.4 Å². The Balaban J connectivity index is 2.68. The standard InChI is InChI=1S/C8H5N3S/c1-2-3-12-8-10-5-7(4-9)6-11-8/h1,5-6H,3H2. The Labute approximate surface area is 74.8 Å². The van der Waals surface area contributed by atoms with E-state index in [9.17, 15) is 0 Å². The van der Waals surface area contributed by atoms with Gasteiger partial charge in [-0.15, -0.1) is 6.42 Å². The van der Waals surface area contributed by atoms with Crippen molar-refractivity contribution in [2.24, 2.45) is 0 Å². The Morgan fingerprint density at radius 2 is 2.17 bits per heavy atom. The molecule has 0 saturated heterocycles. The Kier molecular flexibility index (Phi) is 3.13. The van der Waals surface area contributed by atoms with E-state index in [-0.39, 0.29) is 0 Å². The predicted octanol–water partition coefficient (Wildman–Crippen LogP) is 1.07. The first-order valence-electron chi connectivity index (χ1n) is 3.15. The van der Waals surface area contributed by atoms with Crippen LogP contribution in [0.4, 0.5) is 0 Å². The summed E-state index contributed by atoms with van der Waals surface area (Å²) in [4.78, 5) is 7.84. The van der Waals surface area contributed by atoms with Crippen molar-refractivity contribution in [3.05, 3.63) is 18.0 Å². The molecule has 1 rings (SSSR count). The molecule has 1 aromatic heterocycles. The molecule has 0 saturated carbocycles. The van der Waals surface area contributed by atoms with Crippen molar-refractivity contribution in [3.8, 4) is 18.4 Å². The maximum Gasteiger partial charge on any atom is 0.188 e. The fourth-order valence-corrected chi connectivity index (χ4v) is 1.02. The van der Waals surface area contributed by atoms with Gasteiger partial charge in [-0.3, -0.25) is 0 Å². The van der Waals surface area contributed by atoms with Crippen molar-refractivity contribution in [2.75, 3.05) is 5.75 Å². The van der Waals surface area contributed by atoms with Crippen LogP contribution < -0.4 is 0 Å². The maximum atomic E-state index is 8.44. The molecule has 1 aromatic rings. The average Bonchev–Trinajstić information content (AvgIpc) is 2.15. The molecule has 0 atom stereocenters. The summed E-state index contributed by atoms with van der Waals surface area (Å²) < 4.78 is 0. The topological polar surface area (TPSA) is 49.6 Å². The zero-order valence-electron chi connectivity index (χ0n) is 6.19. The van der Waals surface area contributed by atoms with Gasteiger partial charge in [-0.25, -0.2) is 9.97 Å². The van der Waals surface area contributed by atoms with Gasteiger partial charge in [0.1, 0.15) is 6.07 Å². The minimum atomic E-state index is 0.458. The monoisotopic (exact) mass is 175 g/mol. The van der Waals surface area contributed by atoms with Crippen LogP contribution in [0.25, 0.3) is 0 Å². The fourth-order valence-electron chi connectivity index (χ4n) is 0.555. The molecule has 0 aliphatic rings. The highest BCUT2D eigenvalue weighted by atomic mass is 32.2. The first-order chi connectivity index (χ1) is 5.86. The Morgan fingerprint density at radius 3 is 2.67 bits per heavy atom. The van der Waals surface area contributed by atoms with E-state index in [0.29, 0.717) is 16.5 Å². The van der Waals surface area contributed by atoms with Gasteiger partial charge in [0.25, 0.3) is 0 Å². The minimum absolute atomic E-state index is 0.458. The summed E-state index contributed by atoms with van der Waals surface area (Å²) in [5.41, 5.74) is 0.458. The molecule has 1 heterocycles. The Morgan fingerprint density at radius 1 is 1.50 bits per heavy atom. The molecule has 0 radical (unpaired) electrons. The molecule has 12 heavy (non-hydrogen) atoms. The summed E-state index contributed by atoms with van der Waals surface area (Å²) in [7, 11) is 0. The summed E-state index contributed by atoms with van der Waals surface area (Å²) in [6, 6.07) is 1.94. The zero-order chi connectivity index (χ0) is 8.81. The highest BCUT2D eigenvalue weighted by Crippen LogP contribution is 2.10. The van der Waals surface area contributed by atoms with E-state index >= 15 is 0 Å². The normalized spacial score (nSPS) is 8.50. The van der Waals surface area contributed by atoms with Crippen LogP contribution in [0.3, 0.4) is 0 Å². The van der Waals surface area contributed by atoms with Gasteiger partial charge < -0.3 is 0 Å². The molecule has 0 aliphatic carbocycles. The number of nitrogens with zero attached hydrogens (tertiary/aromatic N) is 3. The number of nitriles is 1. The summed E-state index contributed by atoms with van der Waals surface area (Å²) >= 11 is 1.37. The second-order valence-electron chi connectivity index (χ2n) is 1.86. The third kappa shape index (κ3) is 2.26. The number of aromatic nitrogens is 2. The van der Waals surface area contributed by atoms with E-state index < -0.39 is 0 Å². The first-order valence-corrected chi connectivity index (χ1v) is 4.14. The number of hydrogen-bond acceptors (Lipinski definition) is 4. The lowest BCUT2D eigenvalue weighted by Crippen LogP contribution is -1.87. The SMILES string of the molecule is C#CCSc1ncc(C#N)cn1. The quantitative estimate of drug-likeness (QED) is 0.383. The lowest BCUT2D eigenvalue weighted by molar-refractivity contribution is 0.962. The summed E-state index contributed by atoms with van der Waals surface area (Å²) in [5, 5.41) is 9.04. The third-order valence-electron chi connectivity index (χ3n) is 1.04. The second-order valence-corrected chi connectivity index (χ2v) is 2.80. The number of terminal acetylenes is 1. The van der Waals surface area contributed by atoms with Gasteiger partial charge in [0.15, 0.2) is 5.16 Å². The van der Waals surface area contributed by atoms with Crippen LogP contribution in [-0.2, 0) is 0 Å². The molecule has 58 valence electrons. The second kappa shape index (κ2) is 4.38. The molecular formula is C8H5N3S. The molecular weight excluding hydrogens is 170 g/mol. The van der Waals surface area contributed by atoms with Crippen LogP contribution >= 0.6 is 11.8 Å². The third-order valence-corrected chi connectivity index (χ3v) is 1.82. The van der Waals surface area contributed by atoms with Crippen molar-refractivity contribution < 1.29 is 0 Å². The number of thioether (sulfide) groups is 1. The van der Waals surface area contributed by atoms with Crippen molar-refractivity contribution in [1.82, 2.24) is 9.97 Å². The first kappa shape index (κ1) is 8.58. The average molecular weight is 175 g/mol. The predicted molar refractivity (Wildman–Crippen MR) is 46.3 cm³/mol. The largest absolute Gasteiger partial charge is 0.230 e. The molecule has 4 heteroatoms. The molecule has 0 N–H and O–H groups in total. The molecule has 0 unspecified atom stereocenters. The summed E-state index contributed by atoms with van der Waals surface area (Å²) in [6.45, 7) is 0. The van der Waals surface area contributed by atoms with Gasteiger partial charge >= 0.3 is 0 Å². The number of rotatable bonds is 2. The zero-order valence-corrected chi connectivity index (χ0v) is 7.01. The minimum Gasteiger partial charge on any atom is -0.230 e. The highest BCUT2D eigenvalue weighted by Gasteiger charge is 1.95. The molecule has 0 amide bonds. The molecule has 0 bridgehead atoms. The van der Waals surface area contributed by atoms with Gasteiger partial charge in [-0.2, -0.15) is 5.26 Å². The van der Waals surface area contributed by atoms with Crippen molar-refractivity contribution in [3.63, 3.8) is 0 Å². The van der Waals surface area contributed by atoms with Crippen LogP contribution in [0.1, 0.15) is 5.56 Å². The lowest BCUT2D eigenvalue weighted by Gasteiger charge is -1.93. The lowest BCUT2D eigenvalue weighted by atomic mass is 10.4. The number of hydrogen-bond donors (Lipinski definition) is 0. The van der Waals surface area contributed by atoms with Crippen molar-refractivity contribution in [1.29, 1.82) is 5.26 Å². The van der Waals surface area contributed by atoms with Crippen molar-refractivity contribution in [2.45, 2.75) is 5.16 Å². The molecule has 0 spiro atoms. The molecule has 0 fully saturated rings. The van der Waals surface area contributed by atoms with E-state index in [1.54, 1.807) is 0 Å². The van der Waals surface area contributed by atoms with Gasteiger partial charge in [0.2, 0.25) is 0 Å². The Bertz CT molecular complexity index is 331. The van der Waals surface area contributed by atoms with Crippen LogP contribution in [0.5, 0.6) is 0 Å². The maximum absolute atomic E-state index is 8.44. The smallest absolute Gasteiger partial charge is 0.188 e. The van der Waals surface area contributed by atoms with Crippen LogP contribution in [0.2, 0.25) is 0 Å². The molecule has 0 aliphatic heterocycles. The van der Waals surface area contributed by atoms with Gasteiger partial charge in [0.05, 0.1) is 11.3 Å². The van der Waals surface area contributed by atoms with Gasteiger partial charge in [-0.05, 0) is 0 Å². The highest BCUT2D eigenvalue weighted by molar-refractivity contribution is 7.99. The van der Waals surface area contributed by atoms with E-state index in [2.05, 4.69) is 15.9 Å². The van der Waals surface area contributed by atoms with E-state index in [4.69, 9.17) is 11.7 Å². The van der Waals surface area contributed by atoms with E-state index in [0.717, 1.165) is 0 Å². The fraction of sp³-hybridized carbons (Fsp3) is 0.125. The van der Waals surface area contributed by atoms with Crippen LogP contribution in [0.15, 0.2) is 17.6 Å². The molecule has 0 aromatic carbocycles. The van der Waals surface area contributed by atoms with E-state index in [1.807, 2.05) is 6.07 Å². The van der Waals surface area contributed by atoms with E-state index in [1.165, 1.54) is 24.2 Å². The van der Waals surface area contributed by atoms with Crippen LogP contribution in [0, 0.1) is 23.7 Å². The molecule has 3 nitrogen and oxygen atoms in total. The Hall–Kier alpha value is -1.52. The summed E-state index contributed by atoms with van der Waals surface area (Å²) in [6.07, 6.45) is 8.01. The van der Waals surface area contributed by atoms with Gasteiger partial charge in [-0.1, -0.05) is 17.7 Å². The summed E-state index contributed by atoms with van der Waals surface area (Å²) in [5.74, 6) is 3.01.